The van der Waals surface area contributed by atoms with Crippen LogP contribution in [0.4, 0.5) is 0 Å². The summed E-state index contributed by atoms with van der Waals surface area (Å²) in [5.74, 6) is 0. The highest BCUT2D eigenvalue weighted by Gasteiger charge is 2.06. The third-order valence-corrected chi connectivity index (χ3v) is 2.95. The Kier molecular flexibility index (Phi) is 3.82. The predicted octanol–water partition coefficient (Wildman–Crippen LogP) is 2.50. The average Bonchev–Trinajstić information content (AvgIpc) is 2.69. The molecule has 0 radical (unpaired) electrons. The zero-order valence-electron chi connectivity index (χ0n) is 10.1. The Morgan fingerprint density at radius 3 is 2.65 bits per heavy atom. The molecule has 0 spiro atoms. The van der Waals surface area contributed by atoms with Crippen molar-refractivity contribution in [2.24, 2.45) is 7.05 Å². The summed E-state index contributed by atoms with van der Waals surface area (Å²) in [6.07, 6.45) is 0.942. The molecule has 0 bridgehead atoms. The molecule has 0 fully saturated rings. The van der Waals surface area contributed by atoms with Crippen molar-refractivity contribution in [3.05, 3.63) is 41.0 Å². The summed E-state index contributed by atoms with van der Waals surface area (Å²) >= 11 is 5.88. The van der Waals surface area contributed by atoms with Gasteiger partial charge in [-0.05, 0) is 30.8 Å². The van der Waals surface area contributed by atoms with Crippen molar-refractivity contribution in [3.63, 3.8) is 0 Å². The second kappa shape index (κ2) is 5.34. The molecular weight excluding hydrogens is 234 g/mol. The van der Waals surface area contributed by atoms with E-state index in [0.29, 0.717) is 0 Å². The van der Waals surface area contributed by atoms with E-state index in [1.54, 1.807) is 0 Å². The molecule has 0 saturated carbocycles. The highest BCUT2D eigenvalue weighted by molar-refractivity contribution is 6.30. The summed E-state index contributed by atoms with van der Waals surface area (Å²) < 4.78 is 1.91. The predicted molar refractivity (Wildman–Crippen MR) is 71.3 cm³/mol. The van der Waals surface area contributed by atoms with Crippen LogP contribution in [-0.2, 0) is 13.5 Å². The van der Waals surface area contributed by atoms with E-state index in [9.17, 15) is 0 Å². The topological polar surface area (TPSA) is 29.9 Å². The van der Waals surface area contributed by atoms with E-state index < -0.39 is 0 Å². The summed E-state index contributed by atoms with van der Waals surface area (Å²) in [5.41, 5.74) is 3.36. The van der Waals surface area contributed by atoms with Gasteiger partial charge in [0.2, 0.25) is 0 Å². The third kappa shape index (κ3) is 2.87. The maximum atomic E-state index is 5.88. The van der Waals surface area contributed by atoms with Crippen LogP contribution in [0, 0.1) is 0 Å². The zero-order chi connectivity index (χ0) is 12.3. The fourth-order valence-corrected chi connectivity index (χ4v) is 1.92. The minimum atomic E-state index is 0.756. The van der Waals surface area contributed by atoms with Gasteiger partial charge in [-0.2, -0.15) is 5.10 Å². The maximum Gasteiger partial charge on any atom is 0.0681 e. The molecule has 0 atom stereocenters. The van der Waals surface area contributed by atoms with Gasteiger partial charge in [-0.15, -0.1) is 0 Å². The molecule has 1 heterocycles. The van der Waals surface area contributed by atoms with Gasteiger partial charge in [0.05, 0.1) is 11.4 Å². The Morgan fingerprint density at radius 2 is 2.00 bits per heavy atom. The highest BCUT2D eigenvalue weighted by Crippen LogP contribution is 2.21. The number of likely N-dealkylation sites (N-methyl/N-ethyl adjacent to an activating group) is 1. The standard InChI is InChI=1S/C13H16ClN3/c1-15-8-7-12-9-13(17(2)16-12)10-3-5-11(14)6-4-10/h3-6,9,15H,7-8H2,1-2H3. The Hall–Kier alpha value is -1.32. The zero-order valence-corrected chi connectivity index (χ0v) is 10.8. The van der Waals surface area contributed by atoms with Crippen LogP contribution in [0.2, 0.25) is 5.02 Å². The average molecular weight is 250 g/mol. The number of nitrogens with one attached hydrogen (secondary N) is 1. The van der Waals surface area contributed by atoms with E-state index in [1.807, 2.05) is 43.0 Å². The van der Waals surface area contributed by atoms with Crippen LogP contribution in [0.25, 0.3) is 11.3 Å². The molecule has 1 aromatic carbocycles. The van der Waals surface area contributed by atoms with Crippen molar-refractivity contribution >= 4 is 11.6 Å². The Balaban J connectivity index is 2.26. The van der Waals surface area contributed by atoms with Gasteiger partial charge < -0.3 is 5.32 Å². The molecule has 17 heavy (non-hydrogen) atoms. The highest BCUT2D eigenvalue weighted by atomic mass is 35.5. The largest absolute Gasteiger partial charge is 0.319 e. The van der Waals surface area contributed by atoms with Gasteiger partial charge >= 0.3 is 0 Å². The lowest BCUT2D eigenvalue weighted by Crippen LogP contribution is -2.10. The van der Waals surface area contributed by atoms with Crippen molar-refractivity contribution in [2.45, 2.75) is 6.42 Å². The molecule has 0 aliphatic rings. The summed E-state index contributed by atoms with van der Waals surface area (Å²) in [6.45, 7) is 0.942. The van der Waals surface area contributed by atoms with Crippen LogP contribution in [0.5, 0.6) is 0 Å². The second-order valence-corrected chi connectivity index (χ2v) is 4.44. The van der Waals surface area contributed by atoms with Crippen LogP contribution in [0.1, 0.15) is 5.69 Å². The van der Waals surface area contributed by atoms with Crippen LogP contribution in [0.15, 0.2) is 30.3 Å². The number of hydrogen-bond acceptors (Lipinski definition) is 2. The molecule has 1 N–H and O–H groups in total. The minimum Gasteiger partial charge on any atom is -0.319 e. The molecule has 0 saturated heterocycles. The van der Waals surface area contributed by atoms with Crippen LogP contribution in [-0.4, -0.2) is 23.4 Å². The van der Waals surface area contributed by atoms with E-state index in [4.69, 9.17) is 11.6 Å². The maximum absolute atomic E-state index is 5.88. The molecule has 0 unspecified atom stereocenters. The monoisotopic (exact) mass is 249 g/mol. The molecule has 0 aliphatic heterocycles. The van der Waals surface area contributed by atoms with Crippen LogP contribution >= 0.6 is 11.6 Å². The number of nitrogens with zero attached hydrogens (tertiary/aromatic N) is 2. The fourth-order valence-electron chi connectivity index (χ4n) is 1.79. The van der Waals surface area contributed by atoms with E-state index >= 15 is 0 Å². The van der Waals surface area contributed by atoms with Gasteiger partial charge in [0.25, 0.3) is 0 Å². The molecule has 1 aromatic heterocycles. The summed E-state index contributed by atoms with van der Waals surface area (Å²) in [5, 5.41) is 8.37. The lowest BCUT2D eigenvalue weighted by atomic mass is 10.1. The van der Waals surface area contributed by atoms with Crippen molar-refractivity contribution in [2.75, 3.05) is 13.6 Å². The molecule has 90 valence electrons. The summed E-state index contributed by atoms with van der Waals surface area (Å²) in [7, 11) is 3.91. The number of aromatic nitrogens is 2. The Bertz CT molecular complexity index is 488. The Morgan fingerprint density at radius 1 is 1.29 bits per heavy atom. The summed E-state index contributed by atoms with van der Waals surface area (Å²) in [6, 6.07) is 9.96. The van der Waals surface area contributed by atoms with Gasteiger partial charge in [-0.1, -0.05) is 23.7 Å². The molecule has 0 aliphatic carbocycles. The van der Waals surface area contributed by atoms with Gasteiger partial charge in [-0.3, -0.25) is 4.68 Å². The minimum absolute atomic E-state index is 0.756. The van der Waals surface area contributed by atoms with E-state index in [2.05, 4.69) is 16.5 Å². The first kappa shape index (κ1) is 12.1. The third-order valence-electron chi connectivity index (χ3n) is 2.70. The number of hydrogen-bond donors (Lipinski definition) is 1. The van der Waals surface area contributed by atoms with Gasteiger partial charge in [0, 0.05) is 25.0 Å². The second-order valence-electron chi connectivity index (χ2n) is 4.00. The first-order valence-electron chi connectivity index (χ1n) is 5.64. The lowest BCUT2D eigenvalue weighted by Gasteiger charge is -2.01. The molecule has 2 rings (SSSR count). The quantitative estimate of drug-likeness (QED) is 0.902. The van der Waals surface area contributed by atoms with Crippen LogP contribution < -0.4 is 5.32 Å². The van der Waals surface area contributed by atoms with Crippen LogP contribution in [0.3, 0.4) is 0 Å². The molecule has 0 amide bonds. The SMILES string of the molecule is CNCCc1cc(-c2ccc(Cl)cc2)n(C)n1. The van der Waals surface area contributed by atoms with Gasteiger partial charge in [0.15, 0.2) is 0 Å². The summed E-state index contributed by atoms with van der Waals surface area (Å²) in [4.78, 5) is 0. The Labute approximate surface area is 106 Å². The van der Waals surface area contributed by atoms with Gasteiger partial charge in [-0.25, -0.2) is 0 Å². The van der Waals surface area contributed by atoms with E-state index in [0.717, 1.165) is 34.9 Å². The van der Waals surface area contributed by atoms with E-state index in [-0.39, 0.29) is 0 Å². The fraction of sp³-hybridized carbons (Fsp3) is 0.308. The number of aryl methyl sites for hydroxylation is 1. The smallest absolute Gasteiger partial charge is 0.0681 e. The van der Waals surface area contributed by atoms with Crippen molar-refractivity contribution in [3.8, 4) is 11.3 Å². The normalized spacial score (nSPS) is 10.8. The first-order valence-corrected chi connectivity index (χ1v) is 6.02. The van der Waals surface area contributed by atoms with Crippen molar-refractivity contribution in [1.29, 1.82) is 0 Å². The molecule has 2 aromatic rings. The lowest BCUT2D eigenvalue weighted by molar-refractivity contribution is 0.720. The van der Waals surface area contributed by atoms with Gasteiger partial charge in [0.1, 0.15) is 0 Å². The molecular formula is C13H16ClN3. The molecule has 3 nitrogen and oxygen atoms in total. The van der Waals surface area contributed by atoms with Crippen molar-refractivity contribution in [1.82, 2.24) is 15.1 Å². The first-order chi connectivity index (χ1) is 8.20. The number of benzene rings is 1. The number of halogens is 1. The van der Waals surface area contributed by atoms with E-state index in [1.165, 1.54) is 0 Å². The van der Waals surface area contributed by atoms with Crippen molar-refractivity contribution < 1.29 is 0 Å². The molecule has 4 heteroatoms. The number of rotatable bonds is 4.